The number of hydrogen-bond donors (Lipinski definition) is 1. The number of hydrogen-bond acceptors (Lipinski definition) is 4. The Balaban J connectivity index is 1.75. The number of anilines is 1. The molecule has 0 radical (unpaired) electrons. The number of para-hydroxylation sites is 1. The number of fused-ring (bicyclic) bond motifs is 1. The zero-order valence-corrected chi connectivity index (χ0v) is 15.7. The second-order valence-corrected chi connectivity index (χ2v) is 7.55. The number of benzene rings is 2. The Bertz CT molecular complexity index is 1010. The second kappa shape index (κ2) is 7.59. The zero-order valence-electron chi connectivity index (χ0n) is 14.9. The lowest BCUT2D eigenvalue weighted by Crippen LogP contribution is -2.22. The van der Waals surface area contributed by atoms with Crippen LogP contribution in [0.3, 0.4) is 0 Å². The van der Waals surface area contributed by atoms with Crippen molar-refractivity contribution >= 4 is 34.3 Å². The Morgan fingerprint density at radius 2 is 1.88 bits per heavy atom. The van der Waals surface area contributed by atoms with Gasteiger partial charge in [0.05, 0.1) is 27.4 Å². The highest BCUT2D eigenvalue weighted by Crippen LogP contribution is 2.28. The van der Waals surface area contributed by atoms with E-state index in [4.69, 9.17) is 10.2 Å². The third-order valence-electron chi connectivity index (χ3n) is 4.17. The minimum absolute atomic E-state index is 0.0935. The summed E-state index contributed by atoms with van der Waals surface area (Å²) in [7, 11) is 0. The van der Waals surface area contributed by atoms with E-state index in [2.05, 4.69) is 24.4 Å². The third kappa shape index (κ3) is 3.87. The van der Waals surface area contributed by atoms with Gasteiger partial charge in [-0.1, -0.05) is 30.0 Å². The first kappa shape index (κ1) is 18.0. The Hall–Kier alpha value is -2.84. The molecule has 3 aromatic rings. The number of nitrogens with zero attached hydrogens (tertiary/aromatic N) is 2. The van der Waals surface area contributed by atoms with Gasteiger partial charge in [0.25, 0.3) is 0 Å². The second-order valence-electron chi connectivity index (χ2n) is 6.19. The van der Waals surface area contributed by atoms with Crippen molar-refractivity contribution in [2.75, 3.05) is 5.32 Å². The Kier molecular flexibility index (Phi) is 5.24. The molecular formula is C21H19N3OS. The highest BCUT2D eigenvalue weighted by molar-refractivity contribution is 8.00. The van der Waals surface area contributed by atoms with Crippen LogP contribution in [-0.4, -0.2) is 16.1 Å². The molecule has 2 aromatic carbocycles. The summed E-state index contributed by atoms with van der Waals surface area (Å²) in [5.41, 5.74) is 4.51. The molecule has 0 saturated heterocycles. The number of amides is 1. The van der Waals surface area contributed by atoms with Gasteiger partial charge < -0.3 is 5.32 Å². The summed E-state index contributed by atoms with van der Waals surface area (Å²) in [6.45, 7) is 5.97. The van der Waals surface area contributed by atoms with Gasteiger partial charge in [-0.05, 0) is 62.2 Å². The van der Waals surface area contributed by atoms with Crippen molar-refractivity contribution in [2.45, 2.75) is 31.0 Å². The van der Waals surface area contributed by atoms with Crippen LogP contribution in [0.2, 0.25) is 0 Å². The lowest BCUT2D eigenvalue weighted by Gasteiger charge is -2.13. The van der Waals surface area contributed by atoms with Gasteiger partial charge in [-0.3, -0.25) is 4.79 Å². The highest BCUT2D eigenvalue weighted by atomic mass is 32.2. The SMILES string of the molecule is Cc1cc(S[C@@H](C)C(=O)Nc2ccc(C#N)cc2)nc2c(C)cccc12. The first-order chi connectivity index (χ1) is 12.5. The molecule has 0 unspecified atom stereocenters. The molecule has 0 fully saturated rings. The third-order valence-corrected chi connectivity index (χ3v) is 5.19. The number of aryl methyl sites for hydroxylation is 2. The summed E-state index contributed by atoms with van der Waals surface area (Å²) >= 11 is 1.44. The van der Waals surface area contributed by atoms with Crippen LogP contribution < -0.4 is 5.32 Å². The van der Waals surface area contributed by atoms with E-state index < -0.39 is 0 Å². The fourth-order valence-corrected chi connectivity index (χ4v) is 3.62. The summed E-state index contributed by atoms with van der Waals surface area (Å²) in [5.74, 6) is -0.0935. The van der Waals surface area contributed by atoms with Gasteiger partial charge in [-0.2, -0.15) is 5.26 Å². The predicted molar refractivity (Wildman–Crippen MR) is 106 cm³/mol. The smallest absolute Gasteiger partial charge is 0.237 e. The molecule has 1 N–H and O–H groups in total. The molecule has 1 aromatic heterocycles. The van der Waals surface area contributed by atoms with E-state index in [9.17, 15) is 4.79 Å². The molecule has 26 heavy (non-hydrogen) atoms. The van der Waals surface area contributed by atoms with E-state index >= 15 is 0 Å². The maximum Gasteiger partial charge on any atom is 0.237 e. The van der Waals surface area contributed by atoms with Gasteiger partial charge in [0, 0.05) is 11.1 Å². The van der Waals surface area contributed by atoms with E-state index in [1.807, 2.05) is 32.0 Å². The molecule has 0 aliphatic heterocycles. The van der Waals surface area contributed by atoms with E-state index in [0.717, 1.165) is 27.1 Å². The molecule has 0 spiro atoms. The van der Waals surface area contributed by atoms with Crippen molar-refractivity contribution < 1.29 is 4.79 Å². The lowest BCUT2D eigenvalue weighted by atomic mass is 10.1. The van der Waals surface area contributed by atoms with E-state index in [-0.39, 0.29) is 11.2 Å². The first-order valence-electron chi connectivity index (χ1n) is 8.32. The van der Waals surface area contributed by atoms with Crippen LogP contribution in [-0.2, 0) is 4.79 Å². The maximum atomic E-state index is 12.5. The number of pyridine rings is 1. The topological polar surface area (TPSA) is 65.8 Å². The average molecular weight is 361 g/mol. The van der Waals surface area contributed by atoms with Crippen molar-refractivity contribution in [1.29, 1.82) is 5.26 Å². The molecule has 5 heteroatoms. The average Bonchev–Trinajstić information content (AvgIpc) is 2.63. The number of thioether (sulfide) groups is 1. The van der Waals surface area contributed by atoms with E-state index in [1.165, 1.54) is 11.8 Å². The summed E-state index contributed by atoms with van der Waals surface area (Å²) in [6, 6.07) is 17.1. The zero-order chi connectivity index (χ0) is 18.7. The van der Waals surface area contributed by atoms with Crippen LogP contribution >= 0.6 is 11.8 Å². The van der Waals surface area contributed by atoms with Crippen molar-refractivity contribution in [3.8, 4) is 6.07 Å². The molecule has 0 bridgehead atoms. The number of aromatic nitrogens is 1. The molecule has 1 amide bonds. The fourth-order valence-electron chi connectivity index (χ4n) is 2.70. The standard InChI is InChI=1S/C21H19N3OS/c1-13-5-4-6-18-14(2)11-19(24-20(13)18)26-15(3)21(25)23-17-9-7-16(12-22)8-10-17/h4-11,15H,1-3H3,(H,23,25)/t15-/m0/s1. The number of nitriles is 1. The molecule has 0 aliphatic carbocycles. The van der Waals surface area contributed by atoms with Crippen LogP contribution in [0.1, 0.15) is 23.6 Å². The number of nitrogens with one attached hydrogen (secondary N) is 1. The molecule has 1 heterocycles. The molecule has 3 rings (SSSR count). The van der Waals surface area contributed by atoms with Crippen molar-refractivity contribution in [1.82, 2.24) is 4.98 Å². The van der Waals surface area contributed by atoms with Crippen LogP contribution in [0.5, 0.6) is 0 Å². The quantitative estimate of drug-likeness (QED) is 0.675. The summed E-state index contributed by atoms with van der Waals surface area (Å²) in [4.78, 5) is 17.2. The van der Waals surface area contributed by atoms with Gasteiger partial charge in [0.15, 0.2) is 0 Å². The van der Waals surface area contributed by atoms with Gasteiger partial charge >= 0.3 is 0 Å². The van der Waals surface area contributed by atoms with Gasteiger partial charge in [0.2, 0.25) is 5.91 Å². The molecular weight excluding hydrogens is 342 g/mol. The molecule has 130 valence electrons. The monoisotopic (exact) mass is 361 g/mol. The normalized spacial score (nSPS) is 11.8. The Morgan fingerprint density at radius 3 is 2.58 bits per heavy atom. The van der Waals surface area contributed by atoms with Crippen LogP contribution in [0.25, 0.3) is 10.9 Å². The number of carbonyl (C=O) groups excluding carboxylic acids is 1. The fraction of sp³-hybridized carbons (Fsp3) is 0.190. The van der Waals surface area contributed by atoms with Crippen molar-refractivity contribution in [3.63, 3.8) is 0 Å². The minimum Gasteiger partial charge on any atom is -0.325 e. The minimum atomic E-state index is -0.293. The summed E-state index contributed by atoms with van der Waals surface area (Å²) in [6.07, 6.45) is 0. The Morgan fingerprint density at radius 1 is 1.15 bits per heavy atom. The number of carbonyl (C=O) groups is 1. The van der Waals surface area contributed by atoms with Crippen molar-refractivity contribution in [3.05, 3.63) is 65.2 Å². The highest BCUT2D eigenvalue weighted by Gasteiger charge is 2.16. The van der Waals surface area contributed by atoms with Crippen LogP contribution in [0, 0.1) is 25.2 Å². The molecule has 0 saturated carbocycles. The van der Waals surface area contributed by atoms with Crippen LogP contribution in [0.15, 0.2) is 53.6 Å². The van der Waals surface area contributed by atoms with Crippen LogP contribution in [0.4, 0.5) is 5.69 Å². The number of rotatable bonds is 4. The van der Waals surface area contributed by atoms with Gasteiger partial charge in [-0.25, -0.2) is 4.98 Å². The maximum absolute atomic E-state index is 12.5. The van der Waals surface area contributed by atoms with E-state index in [0.29, 0.717) is 11.3 Å². The molecule has 1 atom stereocenters. The van der Waals surface area contributed by atoms with Crippen molar-refractivity contribution in [2.24, 2.45) is 0 Å². The van der Waals surface area contributed by atoms with Gasteiger partial charge in [-0.15, -0.1) is 0 Å². The largest absolute Gasteiger partial charge is 0.325 e. The Labute approximate surface area is 157 Å². The molecule has 0 aliphatic rings. The first-order valence-corrected chi connectivity index (χ1v) is 9.20. The van der Waals surface area contributed by atoms with Gasteiger partial charge in [0.1, 0.15) is 0 Å². The summed E-state index contributed by atoms with van der Waals surface area (Å²) in [5, 5.41) is 13.4. The molecule has 4 nitrogen and oxygen atoms in total. The lowest BCUT2D eigenvalue weighted by molar-refractivity contribution is -0.115. The van der Waals surface area contributed by atoms with E-state index in [1.54, 1.807) is 24.3 Å². The summed E-state index contributed by atoms with van der Waals surface area (Å²) < 4.78 is 0. The predicted octanol–water partition coefficient (Wildman–Crippen LogP) is 4.84.